The van der Waals surface area contributed by atoms with E-state index in [1.54, 1.807) is 12.1 Å². The average Bonchev–Trinajstić information content (AvgIpc) is 2.70. The fourth-order valence-electron chi connectivity index (χ4n) is 3.41. The average molecular weight is 338 g/mol. The second kappa shape index (κ2) is 7.34. The van der Waals surface area contributed by atoms with Gasteiger partial charge in [0.05, 0.1) is 23.6 Å². The molecule has 1 N–H and O–H groups in total. The van der Waals surface area contributed by atoms with Crippen molar-refractivity contribution in [2.75, 3.05) is 0 Å². The van der Waals surface area contributed by atoms with Crippen molar-refractivity contribution in [2.45, 2.75) is 11.8 Å². The molecule has 1 aliphatic rings. The van der Waals surface area contributed by atoms with Gasteiger partial charge >= 0.3 is 0 Å². The van der Waals surface area contributed by atoms with Gasteiger partial charge in [-0.3, -0.25) is 4.79 Å². The number of nitrogens with zero attached hydrogens (tertiary/aromatic N) is 3. The quantitative estimate of drug-likeness (QED) is 0.850. The minimum atomic E-state index is -0.811. The lowest BCUT2D eigenvalue weighted by Gasteiger charge is -2.36. The summed E-state index contributed by atoms with van der Waals surface area (Å²) >= 11 is 0. The lowest BCUT2D eigenvalue weighted by Crippen LogP contribution is -2.44. The number of nitrogens with one attached hydrogen (secondary N) is 1. The Hall–Kier alpha value is -3.88. The summed E-state index contributed by atoms with van der Waals surface area (Å²) in [5.41, 5.74) is 1.45. The first-order valence-corrected chi connectivity index (χ1v) is 8.06. The Morgan fingerprint density at radius 3 is 1.88 bits per heavy atom. The van der Waals surface area contributed by atoms with Gasteiger partial charge in [0.25, 0.3) is 0 Å². The molecule has 3 atom stereocenters. The van der Waals surface area contributed by atoms with Crippen LogP contribution in [0.1, 0.15) is 23.0 Å². The summed E-state index contributed by atoms with van der Waals surface area (Å²) in [7, 11) is 0. The fourth-order valence-corrected chi connectivity index (χ4v) is 3.41. The first kappa shape index (κ1) is 17.0. The summed E-state index contributed by atoms with van der Waals surface area (Å²) in [6.45, 7) is 0. The Morgan fingerprint density at radius 1 is 0.846 bits per heavy atom. The highest BCUT2D eigenvalue weighted by molar-refractivity contribution is 5.88. The first-order valence-electron chi connectivity index (χ1n) is 8.06. The number of amides is 1. The molecule has 5 nitrogen and oxygen atoms in total. The zero-order chi connectivity index (χ0) is 18.5. The van der Waals surface area contributed by atoms with Crippen LogP contribution in [-0.2, 0) is 4.79 Å². The van der Waals surface area contributed by atoms with Crippen LogP contribution in [0, 0.1) is 39.9 Å². The minimum Gasteiger partial charge on any atom is -0.326 e. The smallest absolute Gasteiger partial charge is 0.232 e. The maximum absolute atomic E-state index is 12.9. The highest BCUT2D eigenvalue weighted by atomic mass is 16.2. The lowest BCUT2D eigenvalue weighted by atomic mass is 9.69. The van der Waals surface area contributed by atoms with Gasteiger partial charge in [-0.05, 0) is 11.1 Å². The summed E-state index contributed by atoms with van der Waals surface area (Å²) in [5, 5.41) is 30.9. The van der Waals surface area contributed by atoms with Crippen LogP contribution >= 0.6 is 0 Å². The molecule has 1 saturated heterocycles. The molecule has 0 aromatic heterocycles. The number of allylic oxidation sites excluding steroid dienone is 2. The maximum atomic E-state index is 12.9. The Kier molecular flexibility index (Phi) is 4.79. The number of piperidine rings is 1. The molecule has 0 aliphatic carbocycles. The van der Waals surface area contributed by atoms with Gasteiger partial charge in [0.1, 0.15) is 17.7 Å². The normalized spacial score (nSPS) is 21.7. The molecule has 1 amide bonds. The summed E-state index contributed by atoms with van der Waals surface area (Å²) in [5.74, 6) is -2.22. The summed E-state index contributed by atoms with van der Waals surface area (Å²) in [4.78, 5) is 12.9. The number of rotatable bonds is 2. The van der Waals surface area contributed by atoms with Gasteiger partial charge in [0.2, 0.25) is 5.91 Å². The van der Waals surface area contributed by atoms with Crippen molar-refractivity contribution in [1.82, 2.24) is 5.32 Å². The summed E-state index contributed by atoms with van der Waals surface area (Å²) < 4.78 is 0. The van der Waals surface area contributed by atoms with E-state index in [0.717, 1.165) is 11.1 Å². The SMILES string of the molecule is N#CC(C#N)=C1NC(=O)C(c2ccccc2)C(c2ccccc2)C1C#N. The van der Waals surface area contributed by atoms with E-state index < -0.39 is 17.8 Å². The second-order valence-electron chi connectivity index (χ2n) is 5.93. The third-order valence-electron chi connectivity index (χ3n) is 4.54. The highest BCUT2D eigenvalue weighted by Crippen LogP contribution is 2.44. The van der Waals surface area contributed by atoms with Crippen LogP contribution in [0.15, 0.2) is 71.9 Å². The van der Waals surface area contributed by atoms with E-state index in [0.29, 0.717) is 0 Å². The van der Waals surface area contributed by atoms with Crippen molar-refractivity contribution in [2.24, 2.45) is 5.92 Å². The number of hydrogen-bond acceptors (Lipinski definition) is 4. The number of carbonyl (C=O) groups is 1. The molecule has 2 aromatic carbocycles. The zero-order valence-electron chi connectivity index (χ0n) is 13.8. The summed E-state index contributed by atoms with van der Waals surface area (Å²) in [6.07, 6.45) is 0. The fraction of sp³-hybridized carbons (Fsp3) is 0.143. The molecule has 1 aliphatic heterocycles. The molecule has 26 heavy (non-hydrogen) atoms. The maximum Gasteiger partial charge on any atom is 0.232 e. The largest absolute Gasteiger partial charge is 0.326 e. The van der Waals surface area contributed by atoms with Crippen molar-refractivity contribution in [3.63, 3.8) is 0 Å². The highest BCUT2D eigenvalue weighted by Gasteiger charge is 2.44. The van der Waals surface area contributed by atoms with Crippen molar-refractivity contribution in [1.29, 1.82) is 15.8 Å². The zero-order valence-corrected chi connectivity index (χ0v) is 13.8. The van der Waals surface area contributed by atoms with Crippen LogP contribution in [0.5, 0.6) is 0 Å². The lowest BCUT2D eigenvalue weighted by molar-refractivity contribution is -0.123. The van der Waals surface area contributed by atoms with Gasteiger partial charge < -0.3 is 5.32 Å². The monoisotopic (exact) mass is 338 g/mol. The Labute approximate surface area is 151 Å². The van der Waals surface area contributed by atoms with Crippen molar-refractivity contribution >= 4 is 5.91 Å². The Balaban J connectivity index is 2.23. The number of hydrogen-bond donors (Lipinski definition) is 1. The van der Waals surface area contributed by atoms with Crippen LogP contribution < -0.4 is 5.32 Å². The molecule has 1 heterocycles. The molecule has 124 valence electrons. The molecule has 3 rings (SSSR count). The van der Waals surface area contributed by atoms with Crippen LogP contribution in [0.3, 0.4) is 0 Å². The summed E-state index contributed by atoms with van der Waals surface area (Å²) in [6, 6.07) is 24.3. The number of nitriles is 3. The van der Waals surface area contributed by atoms with Gasteiger partial charge in [-0.2, -0.15) is 15.8 Å². The molecular weight excluding hydrogens is 324 g/mol. The molecule has 2 aromatic rings. The van der Waals surface area contributed by atoms with Crippen LogP contribution in [-0.4, -0.2) is 5.91 Å². The van der Waals surface area contributed by atoms with Gasteiger partial charge in [0.15, 0.2) is 0 Å². The molecular formula is C21H14N4O. The van der Waals surface area contributed by atoms with Crippen LogP contribution in [0.25, 0.3) is 0 Å². The van der Waals surface area contributed by atoms with E-state index in [9.17, 15) is 20.6 Å². The van der Waals surface area contributed by atoms with Crippen LogP contribution in [0.4, 0.5) is 0 Å². The van der Waals surface area contributed by atoms with Gasteiger partial charge in [0, 0.05) is 5.92 Å². The Bertz CT molecular complexity index is 959. The topological polar surface area (TPSA) is 100 Å². The Morgan fingerprint density at radius 2 is 1.38 bits per heavy atom. The van der Waals surface area contributed by atoms with E-state index in [1.165, 1.54) is 0 Å². The van der Waals surface area contributed by atoms with Crippen molar-refractivity contribution < 1.29 is 4.79 Å². The predicted molar refractivity (Wildman–Crippen MR) is 93.9 cm³/mol. The van der Waals surface area contributed by atoms with Crippen molar-refractivity contribution in [3.8, 4) is 18.2 Å². The van der Waals surface area contributed by atoms with E-state index in [-0.39, 0.29) is 17.2 Å². The standard InChI is InChI=1S/C21H14N4O/c22-11-16(12-23)20-17(13-24)18(14-7-3-1-4-8-14)19(21(26)25-20)15-9-5-2-6-10-15/h1-10,17-19H,(H,25,26). The molecule has 3 unspecified atom stereocenters. The number of carbonyl (C=O) groups excluding carboxylic acids is 1. The van der Waals surface area contributed by atoms with Crippen molar-refractivity contribution in [3.05, 3.63) is 83.1 Å². The van der Waals surface area contributed by atoms with E-state index in [4.69, 9.17) is 0 Å². The second-order valence-corrected chi connectivity index (χ2v) is 5.93. The van der Waals surface area contributed by atoms with Crippen LogP contribution in [0.2, 0.25) is 0 Å². The minimum absolute atomic E-state index is 0.0866. The molecule has 0 saturated carbocycles. The third kappa shape index (κ3) is 2.93. The molecule has 0 bridgehead atoms. The van der Waals surface area contributed by atoms with E-state index >= 15 is 0 Å². The van der Waals surface area contributed by atoms with Gasteiger partial charge in [-0.25, -0.2) is 0 Å². The predicted octanol–water partition coefficient (Wildman–Crippen LogP) is 3.12. The molecule has 0 spiro atoms. The molecule has 5 heteroatoms. The number of benzene rings is 2. The molecule has 1 fully saturated rings. The molecule has 0 radical (unpaired) electrons. The van der Waals surface area contributed by atoms with E-state index in [1.807, 2.05) is 60.7 Å². The van der Waals surface area contributed by atoms with E-state index in [2.05, 4.69) is 11.4 Å². The first-order chi connectivity index (χ1) is 12.7. The van der Waals surface area contributed by atoms with Gasteiger partial charge in [-0.15, -0.1) is 0 Å². The van der Waals surface area contributed by atoms with Gasteiger partial charge in [-0.1, -0.05) is 60.7 Å². The third-order valence-corrected chi connectivity index (χ3v) is 4.54.